The van der Waals surface area contributed by atoms with Crippen molar-refractivity contribution in [3.8, 4) is 0 Å². The van der Waals surface area contributed by atoms with Crippen LogP contribution >= 0.6 is 11.3 Å². The van der Waals surface area contributed by atoms with Gasteiger partial charge in [-0.15, -0.1) is 6.58 Å². The SMILES string of the molecule is C=Cc1nc(/N=C/N(C)C)nc2c1sc(=O)n2[C@@H]1C[C@H](C=C)[C@H]2OC(C)(C)O[C@H]21. The van der Waals surface area contributed by atoms with Gasteiger partial charge in [0.15, 0.2) is 11.4 Å². The molecule has 2 fully saturated rings. The molecule has 0 radical (unpaired) electrons. The monoisotopic (exact) mass is 415 g/mol. The highest BCUT2D eigenvalue weighted by atomic mass is 32.1. The van der Waals surface area contributed by atoms with Crippen LogP contribution < -0.4 is 4.87 Å². The van der Waals surface area contributed by atoms with Gasteiger partial charge in [0, 0.05) is 20.0 Å². The van der Waals surface area contributed by atoms with E-state index in [1.54, 1.807) is 21.9 Å². The van der Waals surface area contributed by atoms with Crippen molar-refractivity contribution in [2.24, 2.45) is 10.9 Å². The van der Waals surface area contributed by atoms with Gasteiger partial charge in [0.1, 0.15) is 10.8 Å². The van der Waals surface area contributed by atoms with Gasteiger partial charge in [-0.25, -0.2) is 9.98 Å². The molecule has 29 heavy (non-hydrogen) atoms. The fraction of sp³-hybridized carbons (Fsp3) is 0.500. The Kier molecular flexibility index (Phi) is 4.92. The molecule has 3 heterocycles. The molecule has 154 valence electrons. The van der Waals surface area contributed by atoms with Crippen LogP contribution in [0, 0.1) is 5.92 Å². The molecule has 1 aliphatic heterocycles. The lowest BCUT2D eigenvalue weighted by Crippen LogP contribution is -2.31. The molecular weight excluding hydrogens is 390 g/mol. The average Bonchev–Trinajstić information content (AvgIpc) is 3.26. The van der Waals surface area contributed by atoms with Crippen LogP contribution in [-0.4, -0.2) is 57.9 Å². The maximum Gasteiger partial charge on any atom is 0.309 e. The first kappa shape index (κ1) is 19.9. The average molecular weight is 416 g/mol. The van der Waals surface area contributed by atoms with E-state index >= 15 is 0 Å². The van der Waals surface area contributed by atoms with Crippen LogP contribution in [0.4, 0.5) is 5.95 Å². The number of hydrogen-bond donors (Lipinski definition) is 0. The van der Waals surface area contributed by atoms with Gasteiger partial charge in [-0.2, -0.15) is 4.98 Å². The number of nitrogens with zero attached hydrogens (tertiary/aromatic N) is 5. The zero-order valence-electron chi connectivity index (χ0n) is 17.0. The Hall–Kier alpha value is -2.36. The first-order valence-electron chi connectivity index (χ1n) is 9.48. The number of aromatic nitrogens is 3. The van der Waals surface area contributed by atoms with Crippen LogP contribution in [0.2, 0.25) is 0 Å². The van der Waals surface area contributed by atoms with Crippen LogP contribution in [0.1, 0.15) is 32.0 Å². The molecule has 2 aliphatic rings. The summed E-state index contributed by atoms with van der Waals surface area (Å²) in [6.07, 6.45) is 5.45. The Labute approximate surface area is 173 Å². The third-order valence-corrected chi connectivity index (χ3v) is 6.15. The van der Waals surface area contributed by atoms with Crippen LogP contribution in [0.25, 0.3) is 16.4 Å². The van der Waals surface area contributed by atoms with Crippen LogP contribution in [0.15, 0.2) is 29.0 Å². The smallest absolute Gasteiger partial charge is 0.309 e. The molecule has 0 bridgehead atoms. The molecule has 1 aliphatic carbocycles. The van der Waals surface area contributed by atoms with E-state index < -0.39 is 5.79 Å². The molecule has 0 spiro atoms. The Morgan fingerprint density at radius 3 is 2.66 bits per heavy atom. The lowest BCUT2D eigenvalue weighted by Gasteiger charge is -2.23. The highest BCUT2D eigenvalue weighted by Gasteiger charge is 2.54. The summed E-state index contributed by atoms with van der Waals surface area (Å²) in [5.74, 6) is -0.320. The standard InChI is InChI=1S/C20H25N5O3S/c1-7-11-9-13(15-14(11)27-20(3,4)28-15)25-17-16(29-19(25)26)12(8-2)22-18(23-17)21-10-24(5)6/h7-8,10-11,13-15H,1-2,9H2,3-6H3/b21-10+/t11-,13+,14+,15-/m0/s1. The summed E-state index contributed by atoms with van der Waals surface area (Å²) in [7, 11) is 3.73. The van der Waals surface area contributed by atoms with Crippen molar-refractivity contribution in [3.05, 3.63) is 34.6 Å². The van der Waals surface area contributed by atoms with Gasteiger partial charge in [0.2, 0.25) is 0 Å². The van der Waals surface area contributed by atoms with E-state index in [1.807, 2.05) is 34.0 Å². The molecule has 0 amide bonds. The van der Waals surface area contributed by atoms with E-state index in [4.69, 9.17) is 9.47 Å². The summed E-state index contributed by atoms with van der Waals surface area (Å²) in [4.78, 5) is 28.0. The van der Waals surface area contributed by atoms with E-state index in [9.17, 15) is 4.79 Å². The molecule has 0 unspecified atom stereocenters. The van der Waals surface area contributed by atoms with Gasteiger partial charge in [-0.1, -0.05) is 24.0 Å². The molecule has 8 nitrogen and oxygen atoms in total. The van der Waals surface area contributed by atoms with Crippen LogP contribution in [0.3, 0.4) is 0 Å². The van der Waals surface area contributed by atoms with Gasteiger partial charge in [-0.3, -0.25) is 9.36 Å². The largest absolute Gasteiger partial charge is 0.369 e. The molecule has 4 rings (SSSR count). The summed E-state index contributed by atoms with van der Waals surface area (Å²) in [5, 5.41) is 0. The summed E-state index contributed by atoms with van der Waals surface area (Å²) >= 11 is 1.12. The molecule has 9 heteroatoms. The molecule has 2 aromatic rings. The zero-order valence-corrected chi connectivity index (χ0v) is 17.8. The Morgan fingerprint density at radius 2 is 2.00 bits per heavy atom. The lowest BCUT2D eigenvalue weighted by molar-refractivity contribution is -0.158. The summed E-state index contributed by atoms with van der Waals surface area (Å²) in [6.45, 7) is 11.6. The number of rotatable bonds is 5. The van der Waals surface area contributed by atoms with Crippen molar-refractivity contribution in [2.45, 2.75) is 44.3 Å². The maximum absolute atomic E-state index is 13.0. The van der Waals surface area contributed by atoms with Gasteiger partial charge in [-0.05, 0) is 26.3 Å². The minimum absolute atomic E-state index is 0.0977. The van der Waals surface area contributed by atoms with E-state index in [2.05, 4.69) is 28.1 Å². The predicted molar refractivity (Wildman–Crippen MR) is 115 cm³/mol. The van der Waals surface area contributed by atoms with Crippen molar-refractivity contribution in [2.75, 3.05) is 14.1 Å². The predicted octanol–water partition coefficient (Wildman–Crippen LogP) is 2.98. The zero-order chi connectivity index (χ0) is 20.9. The summed E-state index contributed by atoms with van der Waals surface area (Å²) in [5.41, 5.74) is 1.15. The third-order valence-electron chi connectivity index (χ3n) is 5.19. The fourth-order valence-electron chi connectivity index (χ4n) is 4.06. The molecule has 4 atom stereocenters. The van der Waals surface area contributed by atoms with Crippen molar-refractivity contribution in [1.82, 2.24) is 19.4 Å². The van der Waals surface area contributed by atoms with Gasteiger partial charge < -0.3 is 14.4 Å². The minimum atomic E-state index is -0.701. The molecule has 2 aromatic heterocycles. The number of aliphatic imine (C=N–C) groups is 1. The van der Waals surface area contributed by atoms with Crippen molar-refractivity contribution < 1.29 is 9.47 Å². The first-order valence-corrected chi connectivity index (χ1v) is 10.3. The maximum atomic E-state index is 13.0. The molecule has 0 N–H and O–H groups in total. The third kappa shape index (κ3) is 3.43. The normalized spacial score (nSPS) is 28.1. The van der Waals surface area contributed by atoms with Crippen molar-refractivity contribution in [1.29, 1.82) is 0 Å². The summed E-state index contributed by atoms with van der Waals surface area (Å²) < 4.78 is 14.7. The van der Waals surface area contributed by atoms with E-state index in [-0.39, 0.29) is 35.0 Å². The summed E-state index contributed by atoms with van der Waals surface area (Å²) in [6, 6.07) is -0.204. The van der Waals surface area contributed by atoms with Crippen molar-refractivity contribution >= 4 is 40.0 Å². The lowest BCUT2D eigenvalue weighted by atomic mass is 10.1. The quantitative estimate of drug-likeness (QED) is 0.424. The Bertz CT molecular complexity index is 1050. The van der Waals surface area contributed by atoms with E-state index in [1.165, 1.54) is 0 Å². The van der Waals surface area contributed by atoms with Gasteiger partial charge in [0.25, 0.3) is 5.95 Å². The second kappa shape index (κ2) is 7.16. The fourth-order valence-corrected chi connectivity index (χ4v) is 5.02. The highest BCUT2D eigenvalue weighted by Crippen LogP contribution is 2.47. The Balaban J connectivity index is 1.86. The Morgan fingerprint density at radius 1 is 1.28 bits per heavy atom. The number of ether oxygens (including phenoxy) is 2. The van der Waals surface area contributed by atoms with Crippen molar-refractivity contribution in [3.63, 3.8) is 0 Å². The number of fused-ring (bicyclic) bond motifs is 2. The highest BCUT2D eigenvalue weighted by molar-refractivity contribution is 7.16. The molecular formula is C20H25N5O3S. The second-order valence-corrected chi connectivity index (χ2v) is 8.94. The van der Waals surface area contributed by atoms with Crippen LogP contribution in [0.5, 0.6) is 0 Å². The number of hydrogen-bond acceptors (Lipinski definition) is 7. The molecule has 1 saturated carbocycles. The van der Waals surface area contributed by atoms with E-state index in [0.717, 1.165) is 11.3 Å². The minimum Gasteiger partial charge on any atom is -0.369 e. The molecule has 1 saturated heterocycles. The molecule has 0 aromatic carbocycles. The second-order valence-electron chi connectivity index (χ2n) is 7.98. The van der Waals surface area contributed by atoms with Gasteiger partial charge in [0.05, 0.1) is 24.2 Å². The topological polar surface area (TPSA) is 81.8 Å². The number of thiazole rings is 1. The van der Waals surface area contributed by atoms with E-state index in [0.29, 0.717) is 22.5 Å². The first-order chi connectivity index (χ1) is 13.7. The van der Waals surface area contributed by atoms with Crippen LogP contribution in [-0.2, 0) is 9.47 Å². The van der Waals surface area contributed by atoms with Gasteiger partial charge >= 0.3 is 4.87 Å².